The molecule has 0 saturated carbocycles. The second kappa shape index (κ2) is 9.14. The molecule has 1 saturated heterocycles. The molecule has 1 atom stereocenters. The number of hydrogen-bond acceptors (Lipinski definition) is 5. The molecule has 5 rings (SSSR count). The number of carbonyl (C=O) groups excluding carboxylic acids is 3. The van der Waals surface area contributed by atoms with Gasteiger partial charge in [-0.3, -0.25) is 14.5 Å². The van der Waals surface area contributed by atoms with Crippen LogP contribution in [0.5, 0.6) is 0 Å². The van der Waals surface area contributed by atoms with Crippen molar-refractivity contribution in [1.82, 2.24) is 25.0 Å². The fourth-order valence-corrected chi connectivity index (χ4v) is 4.61. The highest BCUT2D eigenvalue weighted by molar-refractivity contribution is 6.10. The zero-order valence-electron chi connectivity index (χ0n) is 19.6. The van der Waals surface area contributed by atoms with Crippen molar-refractivity contribution in [2.24, 2.45) is 0 Å². The lowest BCUT2D eigenvalue weighted by Gasteiger charge is -2.22. The minimum absolute atomic E-state index is 0.100. The van der Waals surface area contributed by atoms with Gasteiger partial charge < -0.3 is 15.2 Å². The summed E-state index contributed by atoms with van der Waals surface area (Å²) in [6.45, 7) is 1.62. The number of aryl methyl sites for hydroxylation is 1. The first-order valence-corrected chi connectivity index (χ1v) is 11.7. The molecule has 2 N–H and O–H groups in total. The molecule has 4 amide bonds. The Bertz CT molecular complexity index is 1360. The van der Waals surface area contributed by atoms with Crippen molar-refractivity contribution in [2.45, 2.75) is 44.7 Å². The van der Waals surface area contributed by atoms with E-state index in [2.05, 4.69) is 20.8 Å². The fraction of sp³-hybridized carbons (Fsp3) is 0.320. The molecule has 0 bridgehead atoms. The van der Waals surface area contributed by atoms with Gasteiger partial charge in [-0.2, -0.15) is 0 Å². The maximum Gasteiger partial charge on any atom is 0.325 e. The van der Waals surface area contributed by atoms with Crippen LogP contribution in [0, 0.1) is 11.6 Å². The summed E-state index contributed by atoms with van der Waals surface area (Å²) in [5.41, 5.74) is -0.596. The van der Waals surface area contributed by atoms with Gasteiger partial charge in [0.05, 0.1) is 5.69 Å². The summed E-state index contributed by atoms with van der Waals surface area (Å²) in [7, 11) is 0. The largest absolute Gasteiger partial charge is 0.325 e. The number of halogens is 2. The molecule has 11 heteroatoms. The molecule has 1 fully saturated rings. The number of carbonyl (C=O) groups is 3. The lowest BCUT2D eigenvalue weighted by molar-refractivity contribution is -0.133. The highest BCUT2D eigenvalue weighted by Crippen LogP contribution is 2.30. The van der Waals surface area contributed by atoms with Gasteiger partial charge in [0.15, 0.2) is 5.82 Å². The van der Waals surface area contributed by atoms with Gasteiger partial charge in [0.25, 0.3) is 5.91 Å². The molecule has 2 aliphatic rings. The van der Waals surface area contributed by atoms with E-state index < -0.39 is 41.6 Å². The number of aromatic nitrogens is 3. The molecule has 0 spiro atoms. The van der Waals surface area contributed by atoms with E-state index >= 15 is 0 Å². The predicted octanol–water partition coefficient (Wildman–Crippen LogP) is 3.36. The van der Waals surface area contributed by atoms with Crippen LogP contribution < -0.4 is 10.6 Å². The Hall–Kier alpha value is -4.15. The van der Waals surface area contributed by atoms with Gasteiger partial charge in [0.1, 0.15) is 29.5 Å². The van der Waals surface area contributed by atoms with E-state index in [1.807, 2.05) is 4.57 Å². The molecule has 9 nitrogen and oxygen atoms in total. The predicted molar refractivity (Wildman–Crippen MR) is 126 cm³/mol. The Kier molecular flexibility index (Phi) is 5.99. The van der Waals surface area contributed by atoms with Crippen molar-refractivity contribution in [3.8, 4) is 11.4 Å². The van der Waals surface area contributed by atoms with Crippen molar-refractivity contribution in [1.29, 1.82) is 0 Å². The standard InChI is InChI=1S/C25H24F2N6O3/c1-25(16-7-9-17(26)10-8-16)23(35)33(24(36)29-25)14-21(34)28-19-13-15(6-11-18(19)27)22-31-30-20-5-3-2-4-12-32(20)22/h6-11,13H,2-5,12,14H2,1H3,(H,28,34)(H,29,36). The number of benzene rings is 2. The molecule has 0 radical (unpaired) electrons. The lowest BCUT2D eigenvalue weighted by atomic mass is 9.92. The molecule has 2 aromatic carbocycles. The quantitative estimate of drug-likeness (QED) is 0.529. The Labute approximate surface area is 205 Å². The molecular formula is C25H24F2N6O3. The summed E-state index contributed by atoms with van der Waals surface area (Å²) in [4.78, 5) is 39.0. The van der Waals surface area contributed by atoms with Gasteiger partial charge in [-0.15, -0.1) is 10.2 Å². The Morgan fingerprint density at radius 3 is 2.64 bits per heavy atom. The van der Waals surface area contributed by atoms with Crippen LogP contribution in [-0.4, -0.2) is 44.1 Å². The summed E-state index contributed by atoms with van der Waals surface area (Å²) in [5.74, 6) is -1.11. The highest BCUT2D eigenvalue weighted by atomic mass is 19.1. The van der Waals surface area contributed by atoms with Gasteiger partial charge in [0.2, 0.25) is 5.91 Å². The van der Waals surface area contributed by atoms with E-state index in [-0.39, 0.29) is 5.69 Å². The first-order valence-electron chi connectivity index (χ1n) is 11.7. The Morgan fingerprint density at radius 2 is 1.86 bits per heavy atom. The van der Waals surface area contributed by atoms with E-state index in [9.17, 15) is 23.2 Å². The number of rotatable bonds is 5. The molecule has 186 valence electrons. The van der Waals surface area contributed by atoms with E-state index in [0.29, 0.717) is 17.0 Å². The van der Waals surface area contributed by atoms with E-state index in [1.165, 1.54) is 43.3 Å². The number of amides is 4. The summed E-state index contributed by atoms with van der Waals surface area (Å²) in [6.07, 6.45) is 3.94. The lowest BCUT2D eigenvalue weighted by Crippen LogP contribution is -2.42. The normalized spacial score (nSPS) is 19.6. The van der Waals surface area contributed by atoms with Gasteiger partial charge in [0, 0.05) is 18.5 Å². The second-order valence-electron chi connectivity index (χ2n) is 9.10. The minimum Gasteiger partial charge on any atom is -0.322 e. The topological polar surface area (TPSA) is 109 Å². The highest BCUT2D eigenvalue weighted by Gasteiger charge is 2.49. The molecule has 3 heterocycles. The van der Waals surface area contributed by atoms with Crippen molar-refractivity contribution in [3.05, 3.63) is 65.5 Å². The summed E-state index contributed by atoms with van der Waals surface area (Å²) in [6, 6.07) is 8.62. The van der Waals surface area contributed by atoms with Crippen molar-refractivity contribution >= 4 is 23.5 Å². The molecule has 1 unspecified atom stereocenters. The zero-order chi connectivity index (χ0) is 25.4. The SMILES string of the molecule is CC1(c2ccc(F)cc2)NC(=O)N(CC(=O)Nc2cc(-c3nnc4n3CCCCC4)ccc2F)C1=O. The van der Waals surface area contributed by atoms with Crippen LogP contribution in [0.15, 0.2) is 42.5 Å². The first-order chi connectivity index (χ1) is 17.3. The Morgan fingerprint density at radius 1 is 1.08 bits per heavy atom. The van der Waals surface area contributed by atoms with Crippen LogP contribution in [0.1, 0.15) is 37.6 Å². The number of nitrogens with one attached hydrogen (secondary N) is 2. The maximum atomic E-state index is 14.6. The summed E-state index contributed by atoms with van der Waals surface area (Å²) >= 11 is 0. The van der Waals surface area contributed by atoms with E-state index in [4.69, 9.17) is 0 Å². The van der Waals surface area contributed by atoms with Crippen LogP contribution in [0.4, 0.5) is 19.3 Å². The number of fused-ring (bicyclic) bond motifs is 1. The third-order valence-corrected chi connectivity index (χ3v) is 6.61. The van der Waals surface area contributed by atoms with Crippen molar-refractivity contribution in [2.75, 3.05) is 11.9 Å². The summed E-state index contributed by atoms with van der Waals surface area (Å²) in [5, 5.41) is 13.5. The number of nitrogens with zero attached hydrogens (tertiary/aromatic N) is 4. The number of hydrogen-bond donors (Lipinski definition) is 2. The van der Waals surface area contributed by atoms with E-state index in [0.717, 1.165) is 43.0 Å². The summed E-state index contributed by atoms with van der Waals surface area (Å²) < 4.78 is 29.9. The molecule has 0 aliphatic carbocycles. The van der Waals surface area contributed by atoms with Gasteiger partial charge >= 0.3 is 6.03 Å². The number of imide groups is 1. The van der Waals surface area contributed by atoms with Gasteiger partial charge in [-0.1, -0.05) is 18.6 Å². The maximum absolute atomic E-state index is 14.6. The Balaban J connectivity index is 1.33. The molecule has 36 heavy (non-hydrogen) atoms. The fourth-order valence-electron chi connectivity index (χ4n) is 4.61. The van der Waals surface area contributed by atoms with Gasteiger partial charge in [-0.05, 0) is 55.7 Å². The molecular weight excluding hydrogens is 470 g/mol. The first kappa shape index (κ1) is 23.6. The second-order valence-corrected chi connectivity index (χ2v) is 9.10. The number of anilines is 1. The zero-order valence-corrected chi connectivity index (χ0v) is 19.6. The van der Waals surface area contributed by atoms with Crippen LogP contribution in [0.25, 0.3) is 11.4 Å². The molecule has 2 aliphatic heterocycles. The molecule has 3 aromatic rings. The number of urea groups is 1. The van der Waals surface area contributed by atoms with Crippen LogP contribution in [0.2, 0.25) is 0 Å². The van der Waals surface area contributed by atoms with Crippen molar-refractivity contribution in [3.63, 3.8) is 0 Å². The van der Waals surface area contributed by atoms with Crippen LogP contribution >= 0.6 is 0 Å². The molecule has 1 aromatic heterocycles. The van der Waals surface area contributed by atoms with E-state index in [1.54, 1.807) is 6.07 Å². The third-order valence-electron chi connectivity index (χ3n) is 6.61. The van der Waals surface area contributed by atoms with Gasteiger partial charge in [-0.25, -0.2) is 13.6 Å². The monoisotopic (exact) mass is 494 g/mol. The smallest absolute Gasteiger partial charge is 0.322 e. The average Bonchev–Trinajstić information content (AvgIpc) is 3.23. The van der Waals surface area contributed by atoms with Crippen LogP contribution in [0.3, 0.4) is 0 Å². The third kappa shape index (κ3) is 4.21. The average molecular weight is 495 g/mol. The van der Waals surface area contributed by atoms with Crippen LogP contribution in [-0.2, 0) is 28.1 Å². The minimum atomic E-state index is -1.46. The van der Waals surface area contributed by atoms with Crippen molar-refractivity contribution < 1.29 is 23.2 Å².